The van der Waals surface area contributed by atoms with E-state index in [-0.39, 0.29) is 0 Å². The van der Waals surface area contributed by atoms with Gasteiger partial charge in [-0.25, -0.2) is 0 Å². The highest BCUT2D eigenvalue weighted by Crippen LogP contribution is 2.34. The SMILES string of the molecule is COc1ccc(CN(C)C(=S)c2sc3ccc(Cl)cc3c2C)c(OC)c1. The molecule has 0 aliphatic carbocycles. The molecule has 1 aromatic heterocycles. The zero-order valence-corrected chi connectivity index (χ0v) is 17.5. The second-order valence-electron chi connectivity index (χ2n) is 6.04. The zero-order valence-electron chi connectivity index (χ0n) is 15.1. The maximum Gasteiger partial charge on any atom is 0.127 e. The molecule has 0 atom stereocenters. The third-order valence-electron chi connectivity index (χ3n) is 4.34. The van der Waals surface area contributed by atoms with Crippen molar-refractivity contribution in [2.75, 3.05) is 21.3 Å². The van der Waals surface area contributed by atoms with Gasteiger partial charge in [0.15, 0.2) is 0 Å². The van der Waals surface area contributed by atoms with Crippen LogP contribution in [-0.4, -0.2) is 31.2 Å². The lowest BCUT2D eigenvalue weighted by atomic mass is 10.1. The van der Waals surface area contributed by atoms with Gasteiger partial charge in [0.2, 0.25) is 0 Å². The van der Waals surface area contributed by atoms with Gasteiger partial charge in [0.25, 0.3) is 0 Å². The van der Waals surface area contributed by atoms with E-state index in [1.54, 1.807) is 25.6 Å². The molecule has 0 aliphatic heterocycles. The minimum absolute atomic E-state index is 0.653. The van der Waals surface area contributed by atoms with Crippen LogP contribution in [0.15, 0.2) is 36.4 Å². The molecular formula is C20H20ClNO2S2. The fraction of sp³-hybridized carbons (Fsp3) is 0.250. The number of aryl methyl sites for hydroxylation is 1. The molecule has 0 N–H and O–H groups in total. The van der Waals surface area contributed by atoms with E-state index in [2.05, 4.69) is 11.8 Å². The van der Waals surface area contributed by atoms with Crippen LogP contribution in [0, 0.1) is 6.92 Å². The third-order valence-corrected chi connectivity index (χ3v) is 6.50. The lowest BCUT2D eigenvalue weighted by molar-refractivity contribution is 0.384. The first-order valence-electron chi connectivity index (χ1n) is 8.09. The first-order valence-corrected chi connectivity index (χ1v) is 9.70. The van der Waals surface area contributed by atoms with Crippen LogP contribution in [0.25, 0.3) is 10.1 Å². The molecule has 0 spiro atoms. The molecule has 0 bridgehead atoms. The van der Waals surface area contributed by atoms with Crippen LogP contribution in [0.1, 0.15) is 16.0 Å². The van der Waals surface area contributed by atoms with E-state index >= 15 is 0 Å². The van der Waals surface area contributed by atoms with Gasteiger partial charge in [-0.15, -0.1) is 11.3 Å². The van der Waals surface area contributed by atoms with Gasteiger partial charge in [-0.3, -0.25) is 0 Å². The van der Waals surface area contributed by atoms with Crippen LogP contribution in [0.2, 0.25) is 5.02 Å². The molecular weight excluding hydrogens is 386 g/mol. The van der Waals surface area contributed by atoms with Crippen LogP contribution >= 0.6 is 35.2 Å². The molecule has 3 nitrogen and oxygen atoms in total. The number of ether oxygens (including phenoxy) is 2. The Morgan fingerprint density at radius 3 is 2.62 bits per heavy atom. The van der Waals surface area contributed by atoms with E-state index in [1.165, 1.54) is 10.3 Å². The molecule has 0 saturated heterocycles. The summed E-state index contributed by atoms with van der Waals surface area (Å²) in [5.41, 5.74) is 2.23. The van der Waals surface area contributed by atoms with Gasteiger partial charge in [-0.05, 0) is 48.2 Å². The Morgan fingerprint density at radius 1 is 1.15 bits per heavy atom. The van der Waals surface area contributed by atoms with Gasteiger partial charge in [0, 0.05) is 34.9 Å². The predicted molar refractivity (Wildman–Crippen MR) is 114 cm³/mol. The quantitative estimate of drug-likeness (QED) is 0.508. The van der Waals surface area contributed by atoms with E-state index < -0.39 is 0 Å². The number of hydrogen-bond donors (Lipinski definition) is 0. The molecule has 6 heteroatoms. The van der Waals surface area contributed by atoms with Gasteiger partial charge in [-0.2, -0.15) is 0 Å². The molecule has 3 rings (SSSR count). The van der Waals surface area contributed by atoms with Gasteiger partial charge in [0.1, 0.15) is 16.5 Å². The summed E-state index contributed by atoms with van der Waals surface area (Å²) >= 11 is 13.6. The highest BCUT2D eigenvalue weighted by atomic mass is 35.5. The number of thiocarbonyl (C=S) groups is 1. The molecule has 0 saturated carbocycles. The second-order valence-corrected chi connectivity index (χ2v) is 7.91. The summed E-state index contributed by atoms with van der Waals surface area (Å²) in [6, 6.07) is 11.8. The number of hydrogen-bond acceptors (Lipinski definition) is 4. The number of nitrogens with zero attached hydrogens (tertiary/aromatic N) is 1. The van der Waals surface area contributed by atoms with Crippen LogP contribution in [0.4, 0.5) is 0 Å². The van der Waals surface area contributed by atoms with E-state index in [1.807, 2.05) is 43.4 Å². The van der Waals surface area contributed by atoms with Crippen molar-refractivity contribution in [1.82, 2.24) is 4.90 Å². The van der Waals surface area contributed by atoms with Crippen molar-refractivity contribution in [3.63, 3.8) is 0 Å². The predicted octanol–water partition coefficient (Wildman–Crippen LogP) is 5.69. The Kier molecular flexibility index (Phi) is 5.70. The summed E-state index contributed by atoms with van der Waals surface area (Å²) in [5, 5.41) is 1.91. The molecule has 0 unspecified atom stereocenters. The topological polar surface area (TPSA) is 21.7 Å². The summed E-state index contributed by atoms with van der Waals surface area (Å²) in [6.45, 7) is 2.75. The summed E-state index contributed by atoms with van der Waals surface area (Å²) in [7, 11) is 5.31. The highest BCUT2D eigenvalue weighted by molar-refractivity contribution is 7.81. The third kappa shape index (κ3) is 3.65. The summed E-state index contributed by atoms with van der Waals surface area (Å²) in [5.74, 6) is 1.56. The van der Waals surface area contributed by atoms with Crippen molar-refractivity contribution in [1.29, 1.82) is 0 Å². The number of fused-ring (bicyclic) bond motifs is 1. The largest absolute Gasteiger partial charge is 0.497 e. The number of benzene rings is 2. The first kappa shape index (κ1) is 19.0. The Morgan fingerprint density at radius 2 is 1.92 bits per heavy atom. The van der Waals surface area contributed by atoms with Crippen molar-refractivity contribution in [2.45, 2.75) is 13.5 Å². The molecule has 136 valence electrons. The van der Waals surface area contributed by atoms with Crippen molar-refractivity contribution >= 4 is 50.2 Å². The van der Waals surface area contributed by atoms with Gasteiger partial charge >= 0.3 is 0 Å². The van der Waals surface area contributed by atoms with Gasteiger partial charge in [0.05, 0.1) is 19.1 Å². The van der Waals surface area contributed by atoms with Gasteiger partial charge in [-0.1, -0.05) is 23.8 Å². The standard InChI is InChI=1S/C20H20ClNO2S2/c1-12-16-9-14(21)6-8-18(16)26-19(12)20(25)22(2)11-13-5-7-15(23-3)10-17(13)24-4/h5-10H,11H2,1-4H3. The van der Waals surface area contributed by atoms with E-state index in [9.17, 15) is 0 Å². The lowest BCUT2D eigenvalue weighted by Crippen LogP contribution is -2.25. The summed E-state index contributed by atoms with van der Waals surface area (Å²) in [4.78, 5) is 3.99. The number of rotatable bonds is 5. The average molecular weight is 406 g/mol. The Hall–Kier alpha value is -1.82. The maximum atomic E-state index is 6.14. The van der Waals surface area contributed by atoms with E-state index in [4.69, 9.17) is 33.3 Å². The molecule has 0 amide bonds. The van der Waals surface area contributed by atoms with Crippen molar-refractivity contribution in [3.05, 3.63) is 57.4 Å². The minimum atomic E-state index is 0.653. The Bertz CT molecular complexity index is 968. The zero-order chi connectivity index (χ0) is 18.8. The van der Waals surface area contributed by atoms with Crippen LogP contribution in [-0.2, 0) is 6.54 Å². The lowest BCUT2D eigenvalue weighted by Gasteiger charge is -2.21. The number of thiophene rings is 1. The molecule has 2 aromatic carbocycles. The van der Waals surface area contributed by atoms with Crippen LogP contribution < -0.4 is 9.47 Å². The van der Waals surface area contributed by atoms with E-state index in [0.29, 0.717) is 6.54 Å². The van der Waals surface area contributed by atoms with Gasteiger partial charge < -0.3 is 14.4 Å². The Labute approximate surface area is 168 Å². The van der Waals surface area contributed by atoms with Crippen LogP contribution in [0.5, 0.6) is 11.5 Å². The molecule has 26 heavy (non-hydrogen) atoms. The maximum absolute atomic E-state index is 6.14. The number of halogens is 1. The molecule has 3 aromatic rings. The molecule has 1 heterocycles. The summed E-state index contributed by atoms with van der Waals surface area (Å²) in [6.07, 6.45) is 0. The Balaban J connectivity index is 1.88. The summed E-state index contributed by atoms with van der Waals surface area (Å²) < 4.78 is 12.0. The average Bonchev–Trinajstić information content (AvgIpc) is 2.97. The molecule has 0 aliphatic rings. The first-order chi connectivity index (χ1) is 12.4. The molecule has 0 fully saturated rings. The van der Waals surface area contributed by atoms with Crippen molar-refractivity contribution in [2.24, 2.45) is 0 Å². The van der Waals surface area contributed by atoms with Crippen LogP contribution in [0.3, 0.4) is 0 Å². The van der Waals surface area contributed by atoms with Crippen molar-refractivity contribution < 1.29 is 9.47 Å². The minimum Gasteiger partial charge on any atom is -0.497 e. The molecule has 0 radical (unpaired) electrons. The van der Waals surface area contributed by atoms with E-state index in [0.717, 1.165) is 37.3 Å². The number of methoxy groups -OCH3 is 2. The monoisotopic (exact) mass is 405 g/mol. The fourth-order valence-corrected chi connectivity index (χ4v) is 4.58. The normalized spacial score (nSPS) is 10.8. The fourth-order valence-electron chi connectivity index (χ4n) is 2.88. The highest BCUT2D eigenvalue weighted by Gasteiger charge is 2.17. The smallest absolute Gasteiger partial charge is 0.127 e. The second kappa shape index (κ2) is 7.82. The van der Waals surface area contributed by atoms with Crippen molar-refractivity contribution in [3.8, 4) is 11.5 Å².